The minimum absolute atomic E-state index is 0.173. The van der Waals surface area contributed by atoms with Crippen molar-refractivity contribution in [2.24, 2.45) is 11.1 Å². The number of carbonyl (C=O) groups is 1. The molecule has 26 heavy (non-hydrogen) atoms. The number of hydrogen-bond acceptors (Lipinski definition) is 4. The summed E-state index contributed by atoms with van der Waals surface area (Å²) in [7, 11) is 0. The number of ether oxygens (including phenoxy) is 1. The van der Waals surface area contributed by atoms with Crippen LogP contribution in [0.2, 0.25) is 10.0 Å². The molecular formula is C19H18Cl2N2O3. The molecule has 2 aromatic carbocycles. The summed E-state index contributed by atoms with van der Waals surface area (Å²) in [6.07, 6.45) is -0.363. The highest BCUT2D eigenvalue weighted by molar-refractivity contribution is 6.35. The lowest BCUT2D eigenvalue weighted by Crippen LogP contribution is -2.40. The molecule has 3 rings (SSSR count). The van der Waals surface area contributed by atoms with Crippen molar-refractivity contribution in [3.8, 4) is 5.75 Å². The number of amides is 1. The third-order valence-corrected chi connectivity index (χ3v) is 4.58. The molecule has 0 aliphatic carbocycles. The maximum Gasteiger partial charge on any atom is 0.233 e. The van der Waals surface area contributed by atoms with E-state index in [-0.39, 0.29) is 12.0 Å². The average Bonchev–Trinajstić information content (AvgIpc) is 3.02. The number of nitrogens with zero attached hydrogens (tertiary/aromatic N) is 1. The zero-order valence-corrected chi connectivity index (χ0v) is 15.6. The quantitative estimate of drug-likeness (QED) is 0.757. The molecule has 7 heteroatoms. The van der Waals surface area contributed by atoms with Crippen LogP contribution in [0, 0.1) is 5.92 Å². The Morgan fingerprint density at radius 3 is 2.65 bits per heavy atom. The van der Waals surface area contributed by atoms with E-state index in [2.05, 4.69) is 10.5 Å². The summed E-state index contributed by atoms with van der Waals surface area (Å²) >= 11 is 12.1. The van der Waals surface area contributed by atoms with Crippen molar-refractivity contribution in [2.75, 3.05) is 13.2 Å². The molecular weight excluding hydrogens is 375 g/mol. The molecule has 1 aliphatic rings. The first-order valence-corrected chi connectivity index (χ1v) is 8.96. The SMILES string of the molecule is C[C@@H]1ON=C(c2ccccc2Cl)[C@H]1C(=O)NCCOc1ccc(Cl)cc1. The lowest BCUT2D eigenvalue weighted by atomic mass is 9.92. The van der Waals surface area contributed by atoms with Gasteiger partial charge in [0.05, 0.1) is 6.54 Å². The first-order chi connectivity index (χ1) is 12.6. The number of nitrogens with one attached hydrogen (secondary N) is 1. The molecule has 2 aromatic rings. The van der Waals surface area contributed by atoms with Crippen LogP contribution in [0.5, 0.6) is 5.75 Å². The third kappa shape index (κ3) is 4.29. The van der Waals surface area contributed by atoms with Crippen LogP contribution in [0.25, 0.3) is 0 Å². The fourth-order valence-electron chi connectivity index (χ4n) is 2.69. The summed E-state index contributed by atoms with van der Waals surface area (Å²) in [5.74, 6) is -0.00153. The van der Waals surface area contributed by atoms with E-state index in [0.717, 1.165) is 0 Å². The van der Waals surface area contributed by atoms with Crippen molar-refractivity contribution in [3.63, 3.8) is 0 Å². The zero-order valence-electron chi connectivity index (χ0n) is 14.1. The second kappa shape index (κ2) is 8.43. The minimum Gasteiger partial charge on any atom is -0.492 e. The van der Waals surface area contributed by atoms with Gasteiger partial charge in [-0.3, -0.25) is 4.79 Å². The Morgan fingerprint density at radius 1 is 1.19 bits per heavy atom. The van der Waals surface area contributed by atoms with E-state index in [1.165, 1.54) is 0 Å². The van der Waals surface area contributed by atoms with E-state index in [4.69, 9.17) is 32.8 Å². The molecule has 1 amide bonds. The summed E-state index contributed by atoms with van der Waals surface area (Å²) < 4.78 is 5.58. The molecule has 0 unspecified atom stereocenters. The van der Waals surface area contributed by atoms with Crippen molar-refractivity contribution in [1.82, 2.24) is 5.32 Å². The summed E-state index contributed by atoms with van der Waals surface area (Å²) in [6, 6.07) is 14.3. The second-order valence-electron chi connectivity index (χ2n) is 5.84. The number of benzene rings is 2. The fourth-order valence-corrected chi connectivity index (χ4v) is 3.05. The molecule has 0 fully saturated rings. The van der Waals surface area contributed by atoms with Crippen LogP contribution in [0.15, 0.2) is 53.7 Å². The molecule has 2 atom stereocenters. The molecule has 1 heterocycles. The highest BCUT2D eigenvalue weighted by Gasteiger charge is 2.38. The van der Waals surface area contributed by atoms with Gasteiger partial charge in [-0.15, -0.1) is 0 Å². The van der Waals surface area contributed by atoms with Crippen molar-refractivity contribution in [3.05, 3.63) is 64.1 Å². The van der Waals surface area contributed by atoms with Gasteiger partial charge in [0.15, 0.2) is 0 Å². The standard InChI is InChI=1S/C19H18Cl2N2O3/c1-12-17(18(23-26-12)15-4-2-3-5-16(15)21)19(24)22-10-11-25-14-8-6-13(20)7-9-14/h2-9,12,17H,10-11H2,1H3,(H,22,24)/t12-,17-/m0/s1. The summed E-state index contributed by atoms with van der Waals surface area (Å²) in [5.41, 5.74) is 1.25. The summed E-state index contributed by atoms with van der Waals surface area (Å²) in [4.78, 5) is 17.9. The van der Waals surface area contributed by atoms with Gasteiger partial charge in [-0.2, -0.15) is 0 Å². The van der Waals surface area contributed by atoms with E-state index in [0.29, 0.717) is 40.2 Å². The van der Waals surface area contributed by atoms with Gasteiger partial charge < -0.3 is 14.9 Å². The van der Waals surface area contributed by atoms with Gasteiger partial charge in [0, 0.05) is 15.6 Å². The fraction of sp³-hybridized carbons (Fsp3) is 0.263. The smallest absolute Gasteiger partial charge is 0.233 e. The first-order valence-electron chi connectivity index (χ1n) is 8.21. The Balaban J connectivity index is 1.57. The predicted octanol–water partition coefficient (Wildman–Crippen LogP) is 3.93. The normalized spacial score (nSPS) is 18.8. The van der Waals surface area contributed by atoms with Crippen LogP contribution < -0.4 is 10.1 Å². The van der Waals surface area contributed by atoms with Crippen molar-refractivity contribution in [2.45, 2.75) is 13.0 Å². The Kier molecular flexibility index (Phi) is 6.01. The van der Waals surface area contributed by atoms with E-state index in [9.17, 15) is 4.79 Å². The predicted molar refractivity (Wildman–Crippen MR) is 102 cm³/mol. The van der Waals surface area contributed by atoms with Crippen molar-refractivity contribution in [1.29, 1.82) is 0 Å². The molecule has 0 saturated carbocycles. The van der Waals surface area contributed by atoms with Crippen LogP contribution in [0.3, 0.4) is 0 Å². The topological polar surface area (TPSA) is 59.9 Å². The van der Waals surface area contributed by atoms with Gasteiger partial charge in [0.25, 0.3) is 0 Å². The van der Waals surface area contributed by atoms with Gasteiger partial charge in [-0.25, -0.2) is 0 Å². The number of carbonyl (C=O) groups excluding carboxylic acids is 1. The van der Waals surface area contributed by atoms with E-state index in [1.54, 1.807) is 30.3 Å². The molecule has 0 saturated heterocycles. The van der Waals surface area contributed by atoms with Gasteiger partial charge in [-0.05, 0) is 37.3 Å². The molecule has 1 aliphatic heterocycles. The monoisotopic (exact) mass is 392 g/mol. The highest BCUT2D eigenvalue weighted by atomic mass is 35.5. The summed E-state index contributed by atoms with van der Waals surface area (Å²) in [5, 5.41) is 8.10. The van der Waals surface area contributed by atoms with Crippen molar-refractivity contribution >= 4 is 34.8 Å². The number of halogens is 2. The van der Waals surface area contributed by atoms with Gasteiger partial charge in [0.1, 0.15) is 30.1 Å². The van der Waals surface area contributed by atoms with E-state index >= 15 is 0 Å². The van der Waals surface area contributed by atoms with Gasteiger partial charge >= 0.3 is 0 Å². The maximum absolute atomic E-state index is 12.6. The van der Waals surface area contributed by atoms with Gasteiger partial charge in [-0.1, -0.05) is 46.6 Å². The minimum atomic E-state index is -0.523. The average molecular weight is 393 g/mol. The Labute approximate surface area is 161 Å². The molecule has 0 spiro atoms. The number of oxime groups is 1. The van der Waals surface area contributed by atoms with E-state index < -0.39 is 5.92 Å². The van der Waals surface area contributed by atoms with Gasteiger partial charge in [0.2, 0.25) is 5.91 Å². The van der Waals surface area contributed by atoms with E-state index in [1.807, 2.05) is 25.1 Å². The second-order valence-corrected chi connectivity index (χ2v) is 6.68. The van der Waals surface area contributed by atoms with Crippen LogP contribution in [0.1, 0.15) is 12.5 Å². The molecule has 0 aromatic heterocycles. The first kappa shape index (κ1) is 18.5. The lowest BCUT2D eigenvalue weighted by Gasteiger charge is -2.16. The molecule has 0 bridgehead atoms. The zero-order chi connectivity index (χ0) is 18.5. The number of rotatable bonds is 6. The largest absolute Gasteiger partial charge is 0.492 e. The Hall–Kier alpha value is -2.24. The molecule has 1 N–H and O–H groups in total. The lowest BCUT2D eigenvalue weighted by molar-refractivity contribution is -0.125. The Morgan fingerprint density at radius 2 is 1.92 bits per heavy atom. The van der Waals surface area contributed by atoms with Crippen LogP contribution in [0.4, 0.5) is 0 Å². The maximum atomic E-state index is 12.6. The number of hydrogen-bond donors (Lipinski definition) is 1. The molecule has 5 nitrogen and oxygen atoms in total. The van der Waals surface area contributed by atoms with Crippen molar-refractivity contribution < 1.29 is 14.4 Å². The highest BCUT2D eigenvalue weighted by Crippen LogP contribution is 2.27. The van der Waals surface area contributed by atoms with Crippen LogP contribution in [-0.4, -0.2) is 30.9 Å². The Bertz CT molecular complexity index is 809. The van der Waals surface area contributed by atoms with Crippen LogP contribution in [-0.2, 0) is 9.63 Å². The third-order valence-electron chi connectivity index (χ3n) is 4.00. The summed E-state index contributed by atoms with van der Waals surface area (Å²) in [6.45, 7) is 2.51. The molecule has 0 radical (unpaired) electrons. The van der Waals surface area contributed by atoms with Crippen LogP contribution >= 0.6 is 23.2 Å². The molecule has 136 valence electrons.